The highest BCUT2D eigenvalue weighted by molar-refractivity contribution is 5.68. The Balaban J connectivity index is 1.88. The number of unbranched alkanes of at least 4 members (excludes halogenated alkanes) is 2. The monoisotopic (exact) mass is 434 g/mol. The van der Waals surface area contributed by atoms with Crippen LogP contribution in [-0.2, 0) is 14.4 Å². The number of halogens is 3. The highest BCUT2D eigenvalue weighted by Gasteiger charge is 2.53. The molecule has 0 bridgehead atoms. The van der Waals surface area contributed by atoms with Crippen LogP contribution >= 0.6 is 0 Å². The lowest BCUT2D eigenvalue weighted by Crippen LogP contribution is -2.40. The number of alkyl halides is 3. The number of hydrogen-bond acceptors (Lipinski definition) is 4. The van der Waals surface area contributed by atoms with Crippen molar-refractivity contribution < 1.29 is 32.8 Å². The molecule has 6 atom stereocenters. The Labute approximate surface area is 178 Å². The fourth-order valence-corrected chi connectivity index (χ4v) is 4.97. The number of hydrogen-bond donors (Lipinski definition) is 1. The molecule has 0 radical (unpaired) electrons. The van der Waals surface area contributed by atoms with Crippen LogP contribution < -0.4 is 0 Å². The molecular formula is C23H37F3O4. The van der Waals surface area contributed by atoms with Crippen molar-refractivity contribution in [1.29, 1.82) is 0 Å². The summed E-state index contributed by atoms with van der Waals surface area (Å²) in [7, 11) is 0. The molecule has 174 valence electrons. The van der Waals surface area contributed by atoms with Gasteiger partial charge in [0.15, 0.2) is 0 Å². The maximum Gasteiger partial charge on any atom is 0.394 e. The summed E-state index contributed by atoms with van der Waals surface area (Å²) in [5, 5.41) is 8.27. The van der Waals surface area contributed by atoms with Crippen LogP contribution in [0.2, 0.25) is 0 Å². The van der Waals surface area contributed by atoms with Crippen molar-refractivity contribution in [3.63, 3.8) is 0 Å². The van der Waals surface area contributed by atoms with Gasteiger partial charge >= 0.3 is 12.1 Å². The standard InChI is InChI=1S/C23H37F3O4/c1-4-5-14-22(3,23(24,25)26)16(2)10-11-17-12-13-20-19(17)15-18(29-20)8-6-7-9-21(27)30-28/h10-11,16-20,28H,4-9,12-15H2,1-3H3/t16-,17+,18+,19-,20+,22-/m1/s1. The number of rotatable bonds is 11. The van der Waals surface area contributed by atoms with Crippen molar-refractivity contribution >= 4 is 5.97 Å². The summed E-state index contributed by atoms with van der Waals surface area (Å²) in [6, 6.07) is 0. The molecule has 4 nitrogen and oxygen atoms in total. The van der Waals surface area contributed by atoms with Gasteiger partial charge in [-0.3, -0.25) is 0 Å². The molecule has 0 amide bonds. The number of allylic oxidation sites excluding steroid dienone is 2. The van der Waals surface area contributed by atoms with Crippen LogP contribution in [0.1, 0.15) is 85.0 Å². The Morgan fingerprint density at radius 3 is 2.63 bits per heavy atom. The van der Waals surface area contributed by atoms with E-state index in [9.17, 15) is 18.0 Å². The van der Waals surface area contributed by atoms with E-state index in [0.717, 1.165) is 38.5 Å². The molecule has 1 aliphatic heterocycles. The van der Waals surface area contributed by atoms with Gasteiger partial charge in [-0.2, -0.15) is 18.4 Å². The molecule has 1 heterocycles. The Morgan fingerprint density at radius 2 is 2.00 bits per heavy atom. The minimum Gasteiger partial charge on any atom is -0.375 e. The summed E-state index contributed by atoms with van der Waals surface area (Å²) < 4.78 is 47.5. The first-order chi connectivity index (χ1) is 14.1. The zero-order valence-electron chi connectivity index (χ0n) is 18.4. The third kappa shape index (κ3) is 6.22. The first kappa shape index (κ1) is 25.2. The zero-order valence-corrected chi connectivity index (χ0v) is 18.4. The van der Waals surface area contributed by atoms with Crippen molar-refractivity contribution in [3.8, 4) is 0 Å². The van der Waals surface area contributed by atoms with E-state index < -0.39 is 23.5 Å². The molecule has 0 unspecified atom stereocenters. The largest absolute Gasteiger partial charge is 0.394 e. The second-order valence-electron chi connectivity index (χ2n) is 9.34. The smallest absolute Gasteiger partial charge is 0.375 e. The lowest BCUT2D eigenvalue weighted by atomic mass is 9.73. The van der Waals surface area contributed by atoms with Crippen LogP contribution in [-0.4, -0.2) is 29.6 Å². The lowest BCUT2D eigenvalue weighted by Gasteiger charge is -2.36. The van der Waals surface area contributed by atoms with E-state index >= 15 is 0 Å². The van der Waals surface area contributed by atoms with Gasteiger partial charge in [-0.1, -0.05) is 52.2 Å². The van der Waals surface area contributed by atoms with E-state index in [1.165, 1.54) is 6.92 Å². The van der Waals surface area contributed by atoms with Crippen LogP contribution in [0.15, 0.2) is 12.2 Å². The highest BCUT2D eigenvalue weighted by atomic mass is 19.4. The zero-order chi connectivity index (χ0) is 22.4. The first-order valence-electron chi connectivity index (χ1n) is 11.4. The average Bonchev–Trinajstić information content (AvgIpc) is 3.26. The molecule has 2 rings (SSSR count). The Kier molecular flexibility index (Phi) is 9.22. The van der Waals surface area contributed by atoms with Gasteiger partial charge in [0.05, 0.1) is 17.6 Å². The van der Waals surface area contributed by atoms with Gasteiger partial charge in [0, 0.05) is 6.42 Å². The highest BCUT2D eigenvalue weighted by Crippen LogP contribution is 2.49. The van der Waals surface area contributed by atoms with Crippen molar-refractivity contribution in [2.24, 2.45) is 23.2 Å². The van der Waals surface area contributed by atoms with Gasteiger partial charge in [-0.05, 0) is 56.3 Å². The van der Waals surface area contributed by atoms with E-state index in [1.807, 2.05) is 13.0 Å². The van der Waals surface area contributed by atoms with E-state index in [2.05, 4.69) is 4.89 Å². The van der Waals surface area contributed by atoms with Gasteiger partial charge in [-0.25, -0.2) is 4.79 Å². The molecule has 2 fully saturated rings. The van der Waals surface area contributed by atoms with Gasteiger partial charge in [0.1, 0.15) is 0 Å². The number of carbonyl (C=O) groups is 1. The molecule has 0 aromatic rings. The molecule has 2 aliphatic rings. The lowest BCUT2D eigenvalue weighted by molar-refractivity contribution is -0.234. The van der Waals surface area contributed by atoms with Crippen LogP contribution in [0, 0.1) is 23.2 Å². The maximum atomic E-state index is 13.8. The SMILES string of the molecule is CCCC[C@](C)([C@H](C)C=C[C@H]1CC[C@@H]2O[C@@H](CCCCC(=O)OO)C[C@@H]21)C(F)(F)F. The van der Waals surface area contributed by atoms with Crippen molar-refractivity contribution in [3.05, 3.63) is 12.2 Å². The Morgan fingerprint density at radius 1 is 1.27 bits per heavy atom. The second kappa shape index (κ2) is 11.0. The fourth-order valence-electron chi connectivity index (χ4n) is 4.97. The van der Waals surface area contributed by atoms with Gasteiger partial charge in [0.25, 0.3) is 0 Å². The van der Waals surface area contributed by atoms with Crippen LogP contribution in [0.5, 0.6) is 0 Å². The third-order valence-corrected chi connectivity index (χ3v) is 7.32. The summed E-state index contributed by atoms with van der Waals surface area (Å²) in [6.45, 7) is 4.97. The second-order valence-corrected chi connectivity index (χ2v) is 9.34. The van der Waals surface area contributed by atoms with Crippen LogP contribution in [0.3, 0.4) is 0 Å². The Hall–Kier alpha value is -1.08. The molecule has 7 heteroatoms. The Bertz CT molecular complexity index is 577. The summed E-state index contributed by atoms with van der Waals surface area (Å²) in [5.74, 6) is -0.542. The summed E-state index contributed by atoms with van der Waals surface area (Å²) in [4.78, 5) is 14.6. The molecule has 1 saturated heterocycles. The third-order valence-electron chi connectivity index (χ3n) is 7.32. The topological polar surface area (TPSA) is 55.8 Å². The predicted molar refractivity (Wildman–Crippen MR) is 109 cm³/mol. The summed E-state index contributed by atoms with van der Waals surface area (Å²) in [5.41, 5.74) is -1.69. The molecule has 30 heavy (non-hydrogen) atoms. The quantitative estimate of drug-likeness (QED) is 0.170. The molecule has 1 N–H and O–H groups in total. The van der Waals surface area contributed by atoms with Gasteiger partial charge in [0.2, 0.25) is 0 Å². The van der Waals surface area contributed by atoms with E-state index in [-0.39, 0.29) is 31.0 Å². The van der Waals surface area contributed by atoms with Crippen molar-refractivity contribution in [2.45, 2.75) is 103 Å². The predicted octanol–water partition coefficient (Wildman–Crippen LogP) is 6.70. The molecule has 1 aliphatic carbocycles. The van der Waals surface area contributed by atoms with Crippen molar-refractivity contribution in [2.75, 3.05) is 0 Å². The van der Waals surface area contributed by atoms with Gasteiger partial charge < -0.3 is 9.62 Å². The van der Waals surface area contributed by atoms with E-state index in [0.29, 0.717) is 18.8 Å². The van der Waals surface area contributed by atoms with Crippen molar-refractivity contribution in [1.82, 2.24) is 0 Å². The molecule has 0 spiro atoms. The van der Waals surface area contributed by atoms with Crippen LogP contribution in [0.4, 0.5) is 13.2 Å². The summed E-state index contributed by atoms with van der Waals surface area (Å²) in [6.07, 6.45) is 6.77. The minimum absolute atomic E-state index is 0.142. The van der Waals surface area contributed by atoms with Crippen LogP contribution in [0.25, 0.3) is 0 Å². The normalized spacial score (nSPS) is 29.7. The van der Waals surface area contributed by atoms with E-state index in [1.54, 1.807) is 13.0 Å². The molecule has 1 saturated carbocycles. The molecular weight excluding hydrogens is 397 g/mol. The minimum atomic E-state index is -4.21. The molecule has 0 aromatic carbocycles. The van der Waals surface area contributed by atoms with E-state index in [4.69, 9.17) is 9.99 Å². The number of carbonyl (C=O) groups excluding carboxylic acids is 1. The maximum absolute atomic E-state index is 13.8. The number of ether oxygens (including phenoxy) is 1. The average molecular weight is 435 g/mol. The fraction of sp³-hybridized carbons (Fsp3) is 0.870. The van der Waals surface area contributed by atoms with Gasteiger partial charge in [-0.15, -0.1) is 0 Å². The molecule has 0 aromatic heterocycles. The first-order valence-corrected chi connectivity index (χ1v) is 11.4. The number of fused-ring (bicyclic) bond motifs is 1. The summed E-state index contributed by atoms with van der Waals surface area (Å²) >= 11 is 0.